The zero-order chi connectivity index (χ0) is 13.1. The third-order valence-electron chi connectivity index (χ3n) is 4.40. The van der Waals surface area contributed by atoms with Crippen LogP contribution in [0.4, 0.5) is 0 Å². The molecule has 0 spiro atoms. The molecule has 4 nitrogen and oxygen atoms in total. The first-order chi connectivity index (χ1) is 9.34. The molecule has 0 aromatic carbocycles. The maximum absolute atomic E-state index is 12.3. The van der Waals surface area contributed by atoms with Crippen LogP contribution in [-0.2, 0) is 11.2 Å². The van der Waals surface area contributed by atoms with Crippen molar-refractivity contribution in [3.8, 4) is 0 Å². The average Bonchev–Trinajstić information content (AvgIpc) is 2.48. The molecule has 1 aromatic heterocycles. The largest absolute Gasteiger partial charge is 0.349 e. The van der Waals surface area contributed by atoms with Crippen LogP contribution in [-0.4, -0.2) is 15.9 Å². The molecule has 2 aliphatic rings. The summed E-state index contributed by atoms with van der Waals surface area (Å²) >= 11 is 0. The number of nitrogens with one attached hydrogen (secondary N) is 1. The minimum atomic E-state index is 0.124. The van der Waals surface area contributed by atoms with Gasteiger partial charge in [0.15, 0.2) is 0 Å². The van der Waals surface area contributed by atoms with E-state index in [0.29, 0.717) is 0 Å². The Morgan fingerprint density at radius 3 is 2.84 bits per heavy atom. The van der Waals surface area contributed by atoms with Crippen molar-refractivity contribution in [1.82, 2.24) is 15.3 Å². The van der Waals surface area contributed by atoms with Crippen LogP contribution in [0.3, 0.4) is 0 Å². The molecule has 0 radical (unpaired) electrons. The van der Waals surface area contributed by atoms with Crippen molar-refractivity contribution in [3.63, 3.8) is 0 Å². The minimum Gasteiger partial charge on any atom is -0.349 e. The highest BCUT2D eigenvalue weighted by atomic mass is 16.1. The second-order valence-corrected chi connectivity index (χ2v) is 5.71. The molecule has 0 aliphatic heterocycles. The summed E-state index contributed by atoms with van der Waals surface area (Å²) in [7, 11) is 0. The van der Waals surface area contributed by atoms with Crippen molar-refractivity contribution in [2.24, 2.45) is 5.92 Å². The van der Waals surface area contributed by atoms with Crippen LogP contribution >= 0.6 is 0 Å². The van der Waals surface area contributed by atoms with Gasteiger partial charge < -0.3 is 5.32 Å². The molecule has 1 N–H and O–H groups in total. The first-order valence-corrected chi connectivity index (χ1v) is 7.44. The summed E-state index contributed by atoms with van der Waals surface area (Å²) in [5.41, 5.74) is 2.23. The van der Waals surface area contributed by atoms with Crippen LogP contribution in [0.2, 0.25) is 0 Å². The molecule has 1 aromatic rings. The number of hydrogen-bond donors (Lipinski definition) is 1. The highest BCUT2D eigenvalue weighted by Crippen LogP contribution is 2.29. The molecular formula is C15H21N3O. The third-order valence-corrected chi connectivity index (χ3v) is 4.40. The normalized spacial score (nSPS) is 23.7. The number of aromatic nitrogens is 2. The molecule has 2 aliphatic carbocycles. The molecule has 3 rings (SSSR count). The molecule has 1 atom stereocenters. The monoisotopic (exact) mass is 259 g/mol. The summed E-state index contributed by atoms with van der Waals surface area (Å²) < 4.78 is 0. The van der Waals surface area contributed by atoms with E-state index in [1.54, 1.807) is 6.33 Å². The fraction of sp³-hybridized carbons (Fsp3) is 0.667. The lowest BCUT2D eigenvalue weighted by Crippen LogP contribution is -2.36. The molecule has 1 saturated carbocycles. The number of fused-ring (bicyclic) bond motifs is 1. The Morgan fingerprint density at radius 2 is 2.00 bits per heavy atom. The van der Waals surface area contributed by atoms with E-state index in [0.717, 1.165) is 43.4 Å². The lowest BCUT2D eigenvalue weighted by molar-refractivity contribution is -0.126. The molecule has 1 amide bonds. The SMILES string of the molecule is O=C(NC1CCCc2ncncc21)C1CCCCC1. The molecule has 4 heteroatoms. The lowest BCUT2D eigenvalue weighted by atomic mass is 9.87. The van der Waals surface area contributed by atoms with E-state index < -0.39 is 0 Å². The van der Waals surface area contributed by atoms with Gasteiger partial charge >= 0.3 is 0 Å². The molecule has 0 bridgehead atoms. The van der Waals surface area contributed by atoms with Crippen LogP contribution in [0, 0.1) is 5.92 Å². The second kappa shape index (κ2) is 5.68. The van der Waals surface area contributed by atoms with E-state index in [4.69, 9.17) is 0 Å². The predicted molar refractivity (Wildman–Crippen MR) is 72.4 cm³/mol. The van der Waals surface area contributed by atoms with Gasteiger partial charge in [-0.2, -0.15) is 0 Å². The number of hydrogen-bond acceptors (Lipinski definition) is 3. The van der Waals surface area contributed by atoms with Gasteiger partial charge in [-0.1, -0.05) is 19.3 Å². The summed E-state index contributed by atoms with van der Waals surface area (Å²) in [6, 6.07) is 0.124. The fourth-order valence-corrected chi connectivity index (χ4v) is 3.30. The van der Waals surface area contributed by atoms with E-state index in [2.05, 4.69) is 15.3 Å². The van der Waals surface area contributed by atoms with Gasteiger partial charge in [-0.3, -0.25) is 4.79 Å². The van der Waals surface area contributed by atoms with Gasteiger partial charge in [0.05, 0.1) is 6.04 Å². The maximum Gasteiger partial charge on any atom is 0.223 e. The summed E-state index contributed by atoms with van der Waals surface area (Å²) in [4.78, 5) is 20.8. The van der Waals surface area contributed by atoms with Crippen LogP contribution in [0.25, 0.3) is 0 Å². The zero-order valence-electron chi connectivity index (χ0n) is 11.3. The lowest BCUT2D eigenvalue weighted by Gasteiger charge is -2.28. The summed E-state index contributed by atoms with van der Waals surface area (Å²) in [6.45, 7) is 0. The van der Waals surface area contributed by atoms with E-state index in [9.17, 15) is 4.79 Å². The van der Waals surface area contributed by atoms with Gasteiger partial charge in [0.25, 0.3) is 0 Å². The van der Waals surface area contributed by atoms with Crippen LogP contribution < -0.4 is 5.32 Å². The van der Waals surface area contributed by atoms with E-state index >= 15 is 0 Å². The number of aryl methyl sites for hydroxylation is 1. The van der Waals surface area contributed by atoms with Gasteiger partial charge in [-0.05, 0) is 32.1 Å². The Kier molecular flexibility index (Phi) is 3.76. The van der Waals surface area contributed by atoms with Gasteiger partial charge in [0, 0.05) is 23.4 Å². The number of amides is 1. The standard InChI is InChI=1S/C15H21N3O/c19-15(11-5-2-1-3-6-11)18-14-8-4-7-13-12(14)9-16-10-17-13/h9-11,14H,1-8H2,(H,18,19). The van der Waals surface area contributed by atoms with Crippen molar-refractivity contribution in [3.05, 3.63) is 23.8 Å². The quantitative estimate of drug-likeness (QED) is 0.888. The Balaban J connectivity index is 1.68. The molecule has 1 heterocycles. The molecular weight excluding hydrogens is 238 g/mol. The Morgan fingerprint density at radius 1 is 1.16 bits per heavy atom. The first-order valence-electron chi connectivity index (χ1n) is 7.44. The van der Waals surface area contributed by atoms with Gasteiger partial charge in [0.2, 0.25) is 5.91 Å². The minimum absolute atomic E-state index is 0.124. The number of carbonyl (C=O) groups excluding carboxylic acids is 1. The van der Waals surface area contributed by atoms with E-state index in [-0.39, 0.29) is 17.9 Å². The summed E-state index contributed by atoms with van der Waals surface area (Å²) in [5, 5.41) is 3.23. The zero-order valence-corrected chi connectivity index (χ0v) is 11.3. The maximum atomic E-state index is 12.3. The number of rotatable bonds is 2. The Labute approximate surface area is 114 Å². The van der Waals surface area contributed by atoms with Crippen LogP contribution in [0.1, 0.15) is 62.2 Å². The van der Waals surface area contributed by atoms with E-state index in [1.165, 1.54) is 19.3 Å². The van der Waals surface area contributed by atoms with Gasteiger partial charge in [-0.25, -0.2) is 9.97 Å². The smallest absolute Gasteiger partial charge is 0.223 e. The Bertz CT molecular complexity index is 454. The van der Waals surface area contributed by atoms with Gasteiger partial charge in [-0.15, -0.1) is 0 Å². The highest BCUT2D eigenvalue weighted by molar-refractivity contribution is 5.79. The van der Waals surface area contributed by atoms with Crippen molar-refractivity contribution in [2.45, 2.75) is 57.4 Å². The highest BCUT2D eigenvalue weighted by Gasteiger charge is 2.27. The van der Waals surface area contributed by atoms with Crippen LogP contribution in [0.15, 0.2) is 12.5 Å². The fourth-order valence-electron chi connectivity index (χ4n) is 3.30. The molecule has 19 heavy (non-hydrogen) atoms. The third kappa shape index (κ3) is 2.77. The van der Waals surface area contributed by atoms with Crippen molar-refractivity contribution in [1.29, 1.82) is 0 Å². The predicted octanol–water partition coefficient (Wildman–Crippen LogP) is 2.55. The van der Waals surface area contributed by atoms with Crippen molar-refractivity contribution >= 4 is 5.91 Å². The van der Waals surface area contributed by atoms with E-state index in [1.807, 2.05) is 6.20 Å². The van der Waals surface area contributed by atoms with Gasteiger partial charge in [0.1, 0.15) is 6.33 Å². The molecule has 102 valence electrons. The van der Waals surface area contributed by atoms with Crippen molar-refractivity contribution < 1.29 is 4.79 Å². The Hall–Kier alpha value is -1.45. The number of carbonyl (C=O) groups is 1. The summed E-state index contributed by atoms with van der Waals surface area (Å²) in [5.74, 6) is 0.463. The molecule has 0 saturated heterocycles. The van der Waals surface area contributed by atoms with Crippen molar-refractivity contribution in [2.75, 3.05) is 0 Å². The first kappa shape index (κ1) is 12.6. The topological polar surface area (TPSA) is 54.9 Å². The second-order valence-electron chi connectivity index (χ2n) is 5.71. The summed E-state index contributed by atoms with van der Waals surface area (Å²) in [6.07, 6.45) is 12.4. The van der Waals surface area contributed by atoms with Crippen LogP contribution in [0.5, 0.6) is 0 Å². The number of nitrogens with zero attached hydrogens (tertiary/aromatic N) is 2. The molecule has 1 unspecified atom stereocenters. The molecule has 1 fully saturated rings. The average molecular weight is 259 g/mol.